The smallest absolute Gasteiger partial charge is 0.313 e. The zero-order valence-corrected chi connectivity index (χ0v) is 18.9. The summed E-state index contributed by atoms with van der Waals surface area (Å²) in [5.74, 6) is 1.22. The van der Waals surface area contributed by atoms with Crippen molar-refractivity contribution in [2.75, 3.05) is 26.4 Å². The van der Waals surface area contributed by atoms with Gasteiger partial charge in [-0.15, -0.1) is 0 Å². The van der Waals surface area contributed by atoms with Gasteiger partial charge in [-0.3, -0.25) is 4.79 Å². The zero-order chi connectivity index (χ0) is 21.1. The van der Waals surface area contributed by atoms with E-state index in [2.05, 4.69) is 13.8 Å². The molecule has 6 heteroatoms. The molecule has 8 atom stereocenters. The quantitative estimate of drug-likeness (QED) is 0.589. The van der Waals surface area contributed by atoms with Crippen LogP contribution in [0.4, 0.5) is 0 Å². The monoisotopic (exact) mass is 432 g/mol. The third-order valence-corrected chi connectivity index (χ3v) is 11.1. The Kier molecular flexibility index (Phi) is 3.98. The normalized spacial score (nSPS) is 53.8. The number of carbonyl (C=O) groups is 1. The molecule has 0 N–H and O–H groups in total. The molecule has 7 aliphatic rings. The standard InChI is InChI=1S/C25H36O6/c1-22-7-8-24(29-11-12-30-24)13-15(22)3-4-16-17-5-6-19(23(2)27-9-10-28-23)25(17)14-18(20(16)22)31-21(25)26/h15-20H,3-14H2,1-2H3/t15-,16-,17-,18+,19+,20+,22-,25+/m0/s1. The summed E-state index contributed by atoms with van der Waals surface area (Å²) in [7, 11) is 0. The van der Waals surface area contributed by atoms with E-state index in [1.165, 1.54) is 12.8 Å². The maximum Gasteiger partial charge on any atom is 0.313 e. The summed E-state index contributed by atoms with van der Waals surface area (Å²) in [6.07, 6.45) is 8.54. The lowest BCUT2D eigenvalue weighted by molar-refractivity contribution is -0.238. The summed E-state index contributed by atoms with van der Waals surface area (Å²) < 4.78 is 30.7. The summed E-state index contributed by atoms with van der Waals surface area (Å²) in [5.41, 5.74) is -0.199. The molecule has 3 saturated heterocycles. The second kappa shape index (κ2) is 6.25. The topological polar surface area (TPSA) is 63.2 Å². The lowest BCUT2D eigenvalue weighted by Crippen LogP contribution is -2.60. The summed E-state index contributed by atoms with van der Waals surface area (Å²) in [6.45, 7) is 7.27. The van der Waals surface area contributed by atoms with Gasteiger partial charge in [-0.25, -0.2) is 0 Å². The van der Waals surface area contributed by atoms with Crippen molar-refractivity contribution < 1.29 is 28.5 Å². The lowest BCUT2D eigenvalue weighted by Gasteiger charge is -2.61. The minimum Gasteiger partial charge on any atom is -0.462 e. The molecule has 31 heavy (non-hydrogen) atoms. The first-order valence-corrected chi connectivity index (χ1v) is 12.7. The van der Waals surface area contributed by atoms with Gasteiger partial charge < -0.3 is 23.7 Å². The molecule has 4 saturated carbocycles. The van der Waals surface area contributed by atoms with E-state index in [1.807, 2.05) is 0 Å². The maximum atomic E-state index is 13.6. The van der Waals surface area contributed by atoms with Crippen LogP contribution in [0, 0.1) is 40.4 Å². The van der Waals surface area contributed by atoms with Crippen molar-refractivity contribution in [3.8, 4) is 0 Å². The van der Waals surface area contributed by atoms with Crippen LogP contribution in [0.2, 0.25) is 0 Å². The van der Waals surface area contributed by atoms with Gasteiger partial charge in [0.15, 0.2) is 11.6 Å². The molecule has 7 rings (SSSR count). The van der Waals surface area contributed by atoms with E-state index in [-0.39, 0.29) is 29.2 Å². The van der Waals surface area contributed by atoms with E-state index in [0.717, 1.165) is 51.7 Å². The van der Waals surface area contributed by atoms with E-state index in [0.29, 0.717) is 36.9 Å². The van der Waals surface area contributed by atoms with Crippen LogP contribution < -0.4 is 0 Å². The Morgan fingerprint density at radius 1 is 0.839 bits per heavy atom. The predicted molar refractivity (Wildman–Crippen MR) is 110 cm³/mol. The number of esters is 1. The highest BCUT2D eigenvalue weighted by molar-refractivity contribution is 5.81. The molecule has 0 radical (unpaired) electrons. The van der Waals surface area contributed by atoms with E-state index in [9.17, 15) is 4.79 Å². The van der Waals surface area contributed by atoms with Crippen LogP contribution in [-0.2, 0) is 28.5 Å². The van der Waals surface area contributed by atoms with Gasteiger partial charge in [0.25, 0.3) is 0 Å². The molecule has 172 valence electrons. The largest absolute Gasteiger partial charge is 0.462 e. The second-order valence-electron chi connectivity index (χ2n) is 11.9. The molecule has 0 aromatic rings. The summed E-state index contributed by atoms with van der Waals surface area (Å²) in [6, 6.07) is 0. The molecule has 0 amide bonds. The molecule has 6 nitrogen and oxygen atoms in total. The number of carbonyl (C=O) groups excluding carboxylic acids is 1. The number of fused-ring (bicyclic) bond motifs is 6. The van der Waals surface area contributed by atoms with Crippen molar-refractivity contribution in [3.63, 3.8) is 0 Å². The molecular weight excluding hydrogens is 396 g/mol. The van der Waals surface area contributed by atoms with Gasteiger partial charge in [0.2, 0.25) is 0 Å². The van der Waals surface area contributed by atoms with E-state index in [1.54, 1.807) is 0 Å². The number of rotatable bonds is 1. The third kappa shape index (κ3) is 2.36. The summed E-state index contributed by atoms with van der Waals surface area (Å²) >= 11 is 0. The molecule has 0 aromatic carbocycles. The molecular formula is C25H36O6. The minimum atomic E-state index is -0.634. The van der Waals surface area contributed by atoms with Crippen molar-refractivity contribution >= 4 is 5.97 Å². The van der Waals surface area contributed by atoms with Crippen LogP contribution in [0.25, 0.3) is 0 Å². The second-order valence-corrected chi connectivity index (χ2v) is 11.9. The van der Waals surface area contributed by atoms with Crippen LogP contribution in [0.15, 0.2) is 0 Å². The minimum absolute atomic E-state index is 0.0478. The fourth-order valence-electron chi connectivity index (χ4n) is 9.89. The van der Waals surface area contributed by atoms with Gasteiger partial charge in [0, 0.05) is 31.1 Å². The molecule has 3 heterocycles. The fourth-order valence-corrected chi connectivity index (χ4v) is 9.89. The number of hydrogen-bond donors (Lipinski definition) is 0. The Balaban J connectivity index is 1.23. The van der Waals surface area contributed by atoms with E-state index < -0.39 is 11.2 Å². The highest BCUT2D eigenvalue weighted by Crippen LogP contribution is 2.72. The lowest BCUT2D eigenvalue weighted by atomic mass is 9.44. The highest BCUT2D eigenvalue weighted by atomic mass is 16.7. The van der Waals surface area contributed by atoms with Crippen molar-refractivity contribution in [1.82, 2.24) is 0 Å². The van der Waals surface area contributed by atoms with Crippen molar-refractivity contribution in [1.29, 1.82) is 0 Å². The molecule has 7 fully saturated rings. The average Bonchev–Trinajstić information content (AvgIpc) is 3.51. The fraction of sp³-hybridized carbons (Fsp3) is 0.960. The van der Waals surface area contributed by atoms with Gasteiger partial charge in [-0.05, 0) is 62.2 Å². The van der Waals surface area contributed by atoms with Gasteiger partial charge in [-0.2, -0.15) is 0 Å². The van der Waals surface area contributed by atoms with E-state index >= 15 is 0 Å². The van der Waals surface area contributed by atoms with Crippen molar-refractivity contribution in [2.45, 2.75) is 82.9 Å². The average molecular weight is 433 g/mol. The van der Waals surface area contributed by atoms with Crippen LogP contribution in [0.3, 0.4) is 0 Å². The number of ether oxygens (including phenoxy) is 5. The van der Waals surface area contributed by atoms with Gasteiger partial charge >= 0.3 is 5.97 Å². The molecule has 0 unspecified atom stereocenters. The molecule has 0 aromatic heterocycles. The van der Waals surface area contributed by atoms with Crippen LogP contribution in [0.5, 0.6) is 0 Å². The first kappa shape index (κ1) is 19.7. The van der Waals surface area contributed by atoms with Gasteiger partial charge in [0.1, 0.15) is 6.10 Å². The van der Waals surface area contributed by atoms with Crippen molar-refractivity contribution in [3.05, 3.63) is 0 Å². The van der Waals surface area contributed by atoms with Crippen molar-refractivity contribution in [2.24, 2.45) is 40.4 Å². The first-order valence-electron chi connectivity index (χ1n) is 12.7. The summed E-state index contributed by atoms with van der Waals surface area (Å²) in [4.78, 5) is 13.6. The van der Waals surface area contributed by atoms with Crippen LogP contribution in [-0.4, -0.2) is 50.1 Å². The van der Waals surface area contributed by atoms with E-state index in [4.69, 9.17) is 23.7 Å². The Hall–Kier alpha value is -0.690. The Labute approximate surface area is 184 Å². The van der Waals surface area contributed by atoms with Gasteiger partial charge in [-0.1, -0.05) is 6.92 Å². The van der Waals surface area contributed by atoms with Gasteiger partial charge in [0.05, 0.1) is 31.8 Å². The SMILES string of the molecule is CC1([C@H]2CC[C@H]3[C@@H]4CC[C@H]5CC6(CC[C@]5(C)[C@H]4[C@H]4C[C@]23C(=O)O4)OCCO6)OCCO1. The predicted octanol–water partition coefficient (Wildman–Crippen LogP) is 3.67. The first-order chi connectivity index (χ1) is 14.9. The Morgan fingerprint density at radius 3 is 2.35 bits per heavy atom. The van der Waals surface area contributed by atoms with Crippen LogP contribution >= 0.6 is 0 Å². The molecule has 2 spiro atoms. The van der Waals surface area contributed by atoms with Crippen LogP contribution in [0.1, 0.15) is 65.2 Å². The highest BCUT2D eigenvalue weighted by Gasteiger charge is 2.75. The Morgan fingerprint density at radius 2 is 1.58 bits per heavy atom. The number of hydrogen-bond acceptors (Lipinski definition) is 6. The summed E-state index contributed by atoms with van der Waals surface area (Å²) in [5, 5.41) is 0. The third-order valence-electron chi connectivity index (χ3n) is 11.1. The Bertz CT molecular complexity index is 785. The molecule has 4 aliphatic carbocycles. The zero-order valence-electron chi connectivity index (χ0n) is 18.9. The molecule has 2 bridgehead atoms. The molecule has 3 aliphatic heterocycles. The maximum absolute atomic E-state index is 13.6.